The summed E-state index contributed by atoms with van der Waals surface area (Å²) in [6.45, 7) is 3.28. The zero-order valence-corrected chi connectivity index (χ0v) is 17.6. The van der Waals surface area contributed by atoms with Crippen molar-refractivity contribution in [1.29, 1.82) is 0 Å². The van der Waals surface area contributed by atoms with E-state index >= 15 is 0 Å². The van der Waals surface area contributed by atoms with Gasteiger partial charge < -0.3 is 9.47 Å². The maximum absolute atomic E-state index is 13.8. The molecule has 2 aromatic carbocycles. The highest BCUT2D eigenvalue weighted by atomic mass is 35.5. The van der Waals surface area contributed by atoms with Gasteiger partial charge in [0.15, 0.2) is 0 Å². The molecule has 1 atom stereocenters. The molecule has 0 bridgehead atoms. The summed E-state index contributed by atoms with van der Waals surface area (Å²) in [6.07, 6.45) is 1.51. The molecule has 29 heavy (non-hydrogen) atoms. The van der Waals surface area contributed by atoms with Crippen molar-refractivity contribution in [2.75, 3.05) is 32.8 Å². The van der Waals surface area contributed by atoms with Crippen LogP contribution in [0.15, 0.2) is 42.5 Å². The summed E-state index contributed by atoms with van der Waals surface area (Å²) in [5, 5.41) is 0.137. The van der Waals surface area contributed by atoms with Crippen molar-refractivity contribution >= 4 is 28.4 Å². The molecule has 1 fully saturated rings. The van der Waals surface area contributed by atoms with Crippen LogP contribution >= 0.6 is 23.2 Å². The normalized spacial score (nSPS) is 17.3. The lowest BCUT2D eigenvalue weighted by Gasteiger charge is -2.32. The van der Waals surface area contributed by atoms with Gasteiger partial charge in [-0.1, -0.05) is 29.8 Å². The maximum Gasteiger partial charge on any atom is 0.222 e. The third kappa shape index (κ3) is 6.68. The van der Waals surface area contributed by atoms with Crippen molar-refractivity contribution < 1.29 is 18.7 Å². The zero-order chi connectivity index (χ0) is 20.6. The van der Waals surface area contributed by atoms with Gasteiger partial charge in [0.25, 0.3) is 0 Å². The van der Waals surface area contributed by atoms with E-state index in [2.05, 4.69) is 4.90 Å². The van der Waals surface area contributed by atoms with E-state index in [4.69, 9.17) is 32.7 Å². The standard InChI is InChI=1S/C22H24Cl2FNO3/c23-19-4-1-5-20(25)18(19)3-2-13-28-17-8-6-16(7-9-17)21-15-26(12-14-29-21)11-10-22(24)27/h1,4-9,21H,2-3,10-15H2. The molecule has 0 N–H and O–H groups in total. The largest absolute Gasteiger partial charge is 0.494 e. The predicted molar refractivity (Wildman–Crippen MR) is 112 cm³/mol. The molecule has 4 nitrogen and oxygen atoms in total. The minimum atomic E-state index is -0.313. The number of carbonyl (C=O) groups excluding carboxylic acids is 1. The predicted octanol–water partition coefficient (Wildman–Crippen LogP) is 5.02. The molecule has 1 aliphatic rings. The highest BCUT2D eigenvalue weighted by Gasteiger charge is 2.22. The van der Waals surface area contributed by atoms with Gasteiger partial charge in [-0.25, -0.2) is 4.39 Å². The average Bonchev–Trinajstić information content (AvgIpc) is 2.72. The number of benzene rings is 2. The fourth-order valence-corrected chi connectivity index (χ4v) is 3.68. The molecule has 1 heterocycles. The molecule has 7 heteroatoms. The van der Waals surface area contributed by atoms with Crippen LogP contribution in [0.4, 0.5) is 4.39 Å². The molecule has 0 saturated carbocycles. The Morgan fingerprint density at radius 3 is 2.76 bits per heavy atom. The molecule has 1 unspecified atom stereocenters. The summed E-state index contributed by atoms with van der Waals surface area (Å²) in [5.41, 5.74) is 1.60. The van der Waals surface area contributed by atoms with Crippen LogP contribution in [0.1, 0.15) is 30.1 Å². The maximum atomic E-state index is 13.8. The van der Waals surface area contributed by atoms with E-state index in [-0.39, 0.29) is 17.2 Å². The lowest BCUT2D eigenvalue weighted by Crippen LogP contribution is -2.39. The number of morpholine rings is 1. The molecule has 2 aromatic rings. The fourth-order valence-electron chi connectivity index (χ4n) is 3.34. The summed E-state index contributed by atoms with van der Waals surface area (Å²) in [6, 6.07) is 12.5. The smallest absolute Gasteiger partial charge is 0.222 e. The molecule has 0 aromatic heterocycles. The average molecular weight is 440 g/mol. The lowest BCUT2D eigenvalue weighted by molar-refractivity contribution is -0.112. The molecule has 0 radical (unpaired) electrons. The van der Waals surface area contributed by atoms with Crippen molar-refractivity contribution in [1.82, 2.24) is 4.90 Å². The SMILES string of the molecule is O=C(Cl)CCN1CCOC(c2ccc(OCCCc3c(F)cccc3Cl)cc2)C1. The van der Waals surface area contributed by atoms with Gasteiger partial charge in [-0.05, 0) is 54.3 Å². The molecule has 1 aliphatic heterocycles. The highest BCUT2D eigenvalue weighted by molar-refractivity contribution is 6.63. The second kappa shape index (κ2) is 10.9. The van der Waals surface area contributed by atoms with Gasteiger partial charge in [0.1, 0.15) is 11.6 Å². The Labute approximate surface area is 180 Å². The third-order valence-electron chi connectivity index (χ3n) is 4.93. The van der Waals surface area contributed by atoms with E-state index in [0.29, 0.717) is 49.6 Å². The number of hydrogen-bond acceptors (Lipinski definition) is 4. The Bertz CT molecular complexity index is 796. The van der Waals surface area contributed by atoms with Gasteiger partial charge >= 0.3 is 0 Å². The van der Waals surface area contributed by atoms with Crippen LogP contribution in [-0.2, 0) is 16.0 Å². The van der Waals surface area contributed by atoms with Crippen molar-refractivity contribution in [3.8, 4) is 5.75 Å². The Kier molecular flexibility index (Phi) is 8.30. The van der Waals surface area contributed by atoms with Crippen molar-refractivity contribution in [2.45, 2.75) is 25.4 Å². The van der Waals surface area contributed by atoms with E-state index in [1.165, 1.54) is 6.07 Å². The first-order valence-electron chi connectivity index (χ1n) is 9.71. The number of ether oxygens (including phenoxy) is 2. The van der Waals surface area contributed by atoms with Gasteiger partial charge in [0, 0.05) is 36.6 Å². The first-order valence-corrected chi connectivity index (χ1v) is 10.5. The van der Waals surface area contributed by atoms with Crippen LogP contribution < -0.4 is 4.74 Å². The van der Waals surface area contributed by atoms with E-state index < -0.39 is 0 Å². The topological polar surface area (TPSA) is 38.8 Å². The number of hydrogen-bond donors (Lipinski definition) is 0. The van der Waals surface area contributed by atoms with E-state index in [0.717, 1.165) is 24.4 Å². The number of carbonyl (C=O) groups is 1. The summed E-state index contributed by atoms with van der Waals surface area (Å²) < 4.78 is 25.4. The Balaban J connectivity index is 1.45. The van der Waals surface area contributed by atoms with Gasteiger partial charge in [-0.2, -0.15) is 0 Å². The monoisotopic (exact) mass is 439 g/mol. The van der Waals surface area contributed by atoms with Crippen LogP contribution in [0, 0.1) is 5.82 Å². The number of halogens is 3. The van der Waals surface area contributed by atoms with Gasteiger partial charge in [0.2, 0.25) is 5.24 Å². The van der Waals surface area contributed by atoms with Crippen LogP contribution in [0.25, 0.3) is 0 Å². The minimum Gasteiger partial charge on any atom is -0.494 e. The van der Waals surface area contributed by atoms with Crippen molar-refractivity contribution in [3.63, 3.8) is 0 Å². The molecular weight excluding hydrogens is 416 g/mol. The minimum absolute atomic E-state index is 0.0357. The van der Waals surface area contributed by atoms with Gasteiger partial charge in [-0.3, -0.25) is 9.69 Å². The fraction of sp³-hybridized carbons (Fsp3) is 0.409. The first kappa shape index (κ1) is 22.0. The highest BCUT2D eigenvalue weighted by Crippen LogP contribution is 2.25. The quantitative estimate of drug-likeness (QED) is 0.406. The first-order chi connectivity index (χ1) is 14.0. The zero-order valence-electron chi connectivity index (χ0n) is 16.1. The Morgan fingerprint density at radius 1 is 1.24 bits per heavy atom. The van der Waals surface area contributed by atoms with Crippen LogP contribution in [-0.4, -0.2) is 43.0 Å². The van der Waals surface area contributed by atoms with Gasteiger partial charge in [0.05, 0.1) is 19.3 Å². The number of rotatable bonds is 9. The third-order valence-corrected chi connectivity index (χ3v) is 5.47. The van der Waals surface area contributed by atoms with Crippen LogP contribution in [0.2, 0.25) is 5.02 Å². The Hall–Kier alpha value is -1.66. The van der Waals surface area contributed by atoms with E-state index in [9.17, 15) is 9.18 Å². The molecule has 0 aliphatic carbocycles. The molecule has 1 saturated heterocycles. The molecule has 0 amide bonds. The summed E-state index contributed by atoms with van der Waals surface area (Å²) >= 11 is 11.5. The van der Waals surface area contributed by atoms with Crippen molar-refractivity contribution in [3.05, 3.63) is 64.4 Å². The summed E-state index contributed by atoms with van der Waals surface area (Å²) in [4.78, 5) is 13.2. The van der Waals surface area contributed by atoms with E-state index in [1.54, 1.807) is 12.1 Å². The molecule has 3 rings (SSSR count). The van der Waals surface area contributed by atoms with Gasteiger partial charge in [-0.15, -0.1) is 0 Å². The van der Waals surface area contributed by atoms with Crippen molar-refractivity contribution in [2.24, 2.45) is 0 Å². The molecular formula is C22H24Cl2FNO3. The molecule has 156 valence electrons. The summed E-state index contributed by atoms with van der Waals surface area (Å²) in [7, 11) is 0. The molecule has 0 spiro atoms. The Morgan fingerprint density at radius 2 is 2.03 bits per heavy atom. The van der Waals surface area contributed by atoms with Crippen LogP contribution in [0.3, 0.4) is 0 Å². The lowest BCUT2D eigenvalue weighted by atomic mass is 10.1. The second-order valence-corrected chi connectivity index (χ2v) is 7.82. The van der Waals surface area contributed by atoms with E-state index in [1.807, 2.05) is 24.3 Å². The van der Waals surface area contributed by atoms with Crippen LogP contribution in [0.5, 0.6) is 5.75 Å². The summed E-state index contributed by atoms with van der Waals surface area (Å²) in [5.74, 6) is 0.479. The second-order valence-electron chi connectivity index (χ2n) is 6.99. The number of nitrogens with zero attached hydrogens (tertiary/aromatic N) is 1.